The van der Waals surface area contributed by atoms with Crippen LogP contribution in [-0.4, -0.2) is 26.7 Å². The first kappa shape index (κ1) is 27.1. The third kappa shape index (κ3) is 4.62. The molecule has 0 unspecified atom stereocenters. The van der Waals surface area contributed by atoms with Crippen LogP contribution in [0.3, 0.4) is 0 Å². The van der Waals surface area contributed by atoms with Crippen molar-refractivity contribution in [2.45, 2.75) is 52.9 Å². The Bertz CT molecular complexity index is 1680. The maximum absolute atomic E-state index is 14.2. The van der Waals surface area contributed by atoms with Gasteiger partial charge in [0.05, 0.1) is 35.5 Å². The Labute approximate surface area is 234 Å². The van der Waals surface area contributed by atoms with Crippen molar-refractivity contribution in [2.75, 3.05) is 7.11 Å². The fourth-order valence-corrected chi connectivity index (χ4v) is 5.57. The molecule has 7 heteroatoms. The van der Waals surface area contributed by atoms with Crippen molar-refractivity contribution in [3.05, 3.63) is 133 Å². The van der Waals surface area contributed by atoms with Crippen LogP contribution in [0.2, 0.25) is 0 Å². The van der Waals surface area contributed by atoms with E-state index >= 15 is 0 Å². The number of H-pyrrole nitrogens is 2. The highest BCUT2D eigenvalue weighted by Gasteiger charge is 2.35. The summed E-state index contributed by atoms with van der Waals surface area (Å²) in [5, 5.41) is 6.54. The van der Waals surface area contributed by atoms with Gasteiger partial charge in [-0.05, 0) is 50.5 Å². The second kappa shape index (κ2) is 10.2. The summed E-state index contributed by atoms with van der Waals surface area (Å²) >= 11 is 0. The lowest BCUT2D eigenvalue weighted by Gasteiger charge is -2.27. The summed E-state index contributed by atoms with van der Waals surface area (Å²) in [6.45, 7) is 12.2. The Morgan fingerprint density at radius 1 is 0.725 bits per heavy atom. The molecule has 0 atom stereocenters. The van der Waals surface area contributed by atoms with Crippen LogP contribution in [0.15, 0.2) is 82.4 Å². The third-order valence-electron chi connectivity index (χ3n) is 7.43. The van der Waals surface area contributed by atoms with E-state index in [4.69, 9.17) is 4.74 Å². The van der Waals surface area contributed by atoms with Gasteiger partial charge in [-0.15, -0.1) is 0 Å². The van der Waals surface area contributed by atoms with E-state index in [1.165, 1.54) is 0 Å². The fourth-order valence-electron chi connectivity index (χ4n) is 5.57. The smallest absolute Gasteiger partial charge is 0.275 e. The van der Waals surface area contributed by atoms with Crippen molar-refractivity contribution in [2.24, 2.45) is 0 Å². The highest BCUT2D eigenvalue weighted by molar-refractivity contribution is 5.57. The van der Waals surface area contributed by atoms with Gasteiger partial charge in [0.15, 0.2) is 0 Å². The normalized spacial score (nSPS) is 11.8. The van der Waals surface area contributed by atoms with Crippen LogP contribution in [-0.2, 0) is 5.41 Å². The van der Waals surface area contributed by atoms with Crippen molar-refractivity contribution < 1.29 is 4.74 Å². The molecule has 0 aliphatic rings. The second-order valence-corrected chi connectivity index (χ2v) is 11.4. The number of aryl methyl sites for hydroxylation is 3. The number of hydrogen-bond donors (Lipinski definition) is 2. The maximum Gasteiger partial charge on any atom is 0.275 e. The molecule has 0 saturated carbocycles. The van der Waals surface area contributed by atoms with Crippen LogP contribution in [0.5, 0.6) is 5.75 Å². The van der Waals surface area contributed by atoms with Gasteiger partial charge >= 0.3 is 0 Å². The van der Waals surface area contributed by atoms with E-state index in [0.717, 1.165) is 28.1 Å². The molecule has 206 valence electrons. The van der Waals surface area contributed by atoms with E-state index in [1.807, 2.05) is 87.5 Å². The summed E-state index contributed by atoms with van der Waals surface area (Å²) in [6, 6.07) is 23.1. The topological polar surface area (TPSA) is 84.8 Å². The van der Waals surface area contributed by atoms with Gasteiger partial charge in [0.25, 0.3) is 11.1 Å². The summed E-state index contributed by atoms with van der Waals surface area (Å²) in [6.07, 6.45) is 0. The monoisotopic (exact) mass is 536 g/mol. The standard InChI is InChI=1S/C33H36N4O3/c1-20-18-25(30(40-7)26(19-20)33(4,5)6)29(27-21(2)34-36(31(27)38)23-14-10-8-11-15-23)28-22(3)35-37(32(28)39)24-16-12-9-13-17-24/h8-19,29,34-35H,1-7H3. The summed E-state index contributed by atoms with van der Waals surface area (Å²) in [5.74, 6) is -0.000929. The van der Waals surface area contributed by atoms with Crippen molar-refractivity contribution in [1.29, 1.82) is 0 Å². The summed E-state index contributed by atoms with van der Waals surface area (Å²) < 4.78 is 9.17. The zero-order valence-corrected chi connectivity index (χ0v) is 24.1. The number of nitrogens with one attached hydrogen (secondary N) is 2. The molecule has 3 aromatic carbocycles. The van der Waals surface area contributed by atoms with Gasteiger partial charge in [-0.3, -0.25) is 19.8 Å². The number of aromatic amines is 2. The number of rotatable bonds is 6. The zero-order valence-electron chi connectivity index (χ0n) is 24.1. The van der Waals surface area contributed by atoms with Crippen LogP contribution in [0.4, 0.5) is 0 Å². The summed E-state index contributed by atoms with van der Waals surface area (Å²) in [7, 11) is 1.65. The van der Waals surface area contributed by atoms with E-state index < -0.39 is 5.92 Å². The fraction of sp³-hybridized carbons (Fsp3) is 0.273. The number of nitrogens with zero attached hydrogens (tertiary/aromatic N) is 2. The van der Waals surface area contributed by atoms with Gasteiger partial charge in [0.2, 0.25) is 0 Å². The molecule has 7 nitrogen and oxygen atoms in total. The molecule has 2 aromatic heterocycles. The number of ether oxygens (including phenoxy) is 1. The number of aromatic nitrogens is 4. The Hall–Kier alpha value is -4.52. The molecule has 0 radical (unpaired) electrons. The minimum absolute atomic E-state index is 0.208. The molecule has 0 amide bonds. The molecule has 0 spiro atoms. The van der Waals surface area contributed by atoms with E-state index in [2.05, 4.69) is 37.0 Å². The number of hydrogen-bond acceptors (Lipinski definition) is 3. The zero-order chi connectivity index (χ0) is 28.8. The van der Waals surface area contributed by atoms with Crippen LogP contribution in [0, 0.1) is 20.8 Å². The molecule has 0 saturated heterocycles. The first-order valence-electron chi connectivity index (χ1n) is 13.5. The molecular formula is C33H36N4O3. The Balaban J connectivity index is 1.88. The lowest BCUT2D eigenvalue weighted by molar-refractivity contribution is 0.391. The summed E-state index contributed by atoms with van der Waals surface area (Å²) in [5.41, 5.74) is 6.01. The minimum Gasteiger partial charge on any atom is -0.496 e. The molecule has 2 heterocycles. The molecular weight excluding hydrogens is 500 g/mol. The van der Waals surface area contributed by atoms with Crippen molar-refractivity contribution in [3.8, 4) is 17.1 Å². The molecule has 0 bridgehead atoms. The molecule has 2 N–H and O–H groups in total. The van der Waals surface area contributed by atoms with Crippen LogP contribution in [0.1, 0.15) is 65.9 Å². The van der Waals surface area contributed by atoms with E-state index in [-0.39, 0.29) is 16.5 Å². The first-order chi connectivity index (χ1) is 19.0. The molecule has 40 heavy (non-hydrogen) atoms. The predicted octanol–water partition coefficient (Wildman–Crippen LogP) is 6.06. The minimum atomic E-state index is -0.682. The van der Waals surface area contributed by atoms with Crippen LogP contribution in [0.25, 0.3) is 11.4 Å². The molecule has 5 rings (SSSR count). The second-order valence-electron chi connectivity index (χ2n) is 11.4. The number of benzene rings is 3. The summed E-state index contributed by atoms with van der Waals surface area (Å²) in [4.78, 5) is 28.4. The number of para-hydroxylation sites is 2. The average Bonchev–Trinajstić information content (AvgIpc) is 3.39. The Morgan fingerprint density at radius 2 is 1.18 bits per heavy atom. The number of methoxy groups -OCH3 is 1. The quantitative estimate of drug-likeness (QED) is 0.277. The van der Waals surface area contributed by atoms with Gasteiger partial charge in [-0.25, -0.2) is 9.36 Å². The van der Waals surface area contributed by atoms with Crippen LogP contribution < -0.4 is 15.9 Å². The first-order valence-corrected chi connectivity index (χ1v) is 13.5. The van der Waals surface area contributed by atoms with E-state index in [9.17, 15) is 9.59 Å². The van der Waals surface area contributed by atoms with Crippen LogP contribution >= 0.6 is 0 Å². The maximum atomic E-state index is 14.2. The van der Waals surface area contributed by atoms with Gasteiger partial charge < -0.3 is 4.74 Å². The van der Waals surface area contributed by atoms with Crippen molar-refractivity contribution in [3.63, 3.8) is 0 Å². The van der Waals surface area contributed by atoms with Gasteiger partial charge in [-0.2, -0.15) is 0 Å². The lowest BCUT2D eigenvalue weighted by Crippen LogP contribution is -2.26. The van der Waals surface area contributed by atoms with E-state index in [1.54, 1.807) is 16.5 Å². The molecule has 5 aromatic rings. The molecule has 0 aliphatic heterocycles. The SMILES string of the molecule is COc1c(C(c2c(C)[nH]n(-c3ccccc3)c2=O)c2c(C)[nH]n(-c3ccccc3)c2=O)cc(C)cc1C(C)(C)C. The Morgan fingerprint density at radius 3 is 1.57 bits per heavy atom. The van der Waals surface area contributed by atoms with Gasteiger partial charge in [-0.1, -0.05) is 74.9 Å². The third-order valence-corrected chi connectivity index (χ3v) is 7.43. The highest BCUT2D eigenvalue weighted by Crippen LogP contribution is 2.43. The lowest BCUT2D eigenvalue weighted by atomic mass is 9.78. The van der Waals surface area contributed by atoms with Crippen molar-refractivity contribution >= 4 is 0 Å². The predicted molar refractivity (Wildman–Crippen MR) is 160 cm³/mol. The average molecular weight is 537 g/mol. The largest absolute Gasteiger partial charge is 0.496 e. The molecule has 0 aliphatic carbocycles. The van der Waals surface area contributed by atoms with E-state index in [0.29, 0.717) is 28.3 Å². The Kier molecular flexibility index (Phi) is 6.92. The highest BCUT2D eigenvalue weighted by atomic mass is 16.5. The van der Waals surface area contributed by atoms with Gasteiger partial charge in [0.1, 0.15) is 5.75 Å². The van der Waals surface area contributed by atoms with Crippen molar-refractivity contribution in [1.82, 2.24) is 19.6 Å². The van der Waals surface area contributed by atoms with Gasteiger partial charge in [0, 0.05) is 22.5 Å². The molecule has 0 fully saturated rings.